The number of amides is 1. The molecule has 1 amide bonds. The molecule has 1 aliphatic heterocycles. The van der Waals surface area contributed by atoms with Crippen molar-refractivity contribution in [3.8, 4) is 11.5 Å². The lowest BCUT2D eigenvalue weighted by molar-refractivity contribution is -0.122. The molecule has 0 aliphatic carbocycles. The van der Waals surface area contributed by atoms with Crippen molar-refractivity contribution in [2.45, 2.75) is 12.6 Å². The summed E-state index contributed by atoms with van der Waals surface area (Å²) >= 11 is 0. The lowest BCUT2D eigenvalue weighted by Crippen LogP contribution is -2.42. The maximum absolute atomic E-state index is 13.2. The minimum absolute atomic E-state index is 0.191. The van der Waals surface area contributed by atoms with Crippen LogP contribution in [0.3, 0.4) is 0 Å². The third-order valence-electron chi connectivity index (χ3n) is 4.20. The second-order valence-corrected chi connectivity index (χ2v) is 6.14. The van der Waals surface area contributed by atoms with Gasteiger partial charge in [0.25, 0.3) is 5.56 Å². The van der Waals surface area contributed by atoms with E-state index in [2.05, 4.69) is 10.3 Å². The second kappa shape index (κ2) is 7.06. The van der Waals surface area contributed by atoms with Gasteiger partial charge in [-0.3, -0.25) is 14.2 Å². The van der Waals surface area contributed by atoms with Crippen LogP contribution in [0, 0.1) is 5.82 Å². The van der Waals surface area contributed by atoms with Gasteiger partial charge in [0, 0.05) is 6.07 Å². The third-order valence-corrected chi connectivity index (χ3v) is 4.20. The topological polar surface area (TPSA) is 82.5 Å². The number of halogens is 1. The van der Waals surface area contributed by atoms with Crippen LogP contribution in [0.5, 0.6) is 11.5 Å². The molecule has 0 saturated carbocycles. The third kappa shape index (κ3) is 3.59. The Balaban J connectivity index is 1.39. The van der Waals surface area contributed by atoms with E-state index in [-0.39, 0.29) is 36.0 Å². The molecule has 7 nitrogen and oxygen atoms in total. The first-order valence-electron chi connectivity index (χ1n) is 8.40. The number of nitrogens with zero attached hydrogens (tertiary/aromatic N) is 2. The summed E-state index contributed by atoms with van der Waals surface area (Å²) in [6, 6.07) is 11.0. The highest BCUT2D eigenvalue weighted by Gasteiger charge is 2.21. The van der Waals surface area contributed by atoms with E-state index in [1.54, 1.807) is 6.07 Å². The molecule has 2 heterocycles. The number of hydrogen-bond donors (Lipinski definition) is 1. The average molecular weight is 369 g/mol. The number of nitrogens with one attached hydrogen (secondary N) is 1. The number of benzene rings is 2. The molecule has 2 aromatic carbocycles. The Bertz CT molecular complexity index is 1070. The van der Waals surface area contributed by atoms with Crippen LogP contribution < -0.4 is 20.3 Å². The number of carbonyl (C=O) groups excluding carboxylic acids is 1. The van der Waals surface area contributed by atoms with Crippen LogP contribution in [-0.4, -0.2) is 34.7 Å². The highest BCUT2D eigenvalue weighted by Crippen LogP contribution is 2.30. The zero-order valence-corrected chi connectivity index (χ0v) is 14.2. The van der Waals surface area contributed by atoms with E-state index in [1.807, 2.05) is 18.2 Å². The van der Waals surface area contributed by atoms with Crippen molar-refractivity contribution in [1.29, 1.82) is 0 Å². The van der Waals surface area contributed by atoms with E-state index in [4.69, 9.17) is 9.47 Å². The molecule has 8 heteroatoms. The van der Waals surface area contributed by atoms with Crippen LogP contribution in [0.4, 0.5) is 4.39 Å². The summed E-state index contributed by atoms with van der Waals surface area (Å²) in [6.07, 6.45) is 0.915. The van der Waals surface area contributed by atoms with Gasteiger partial charge >= 0.3 is 0 Å². The van der Waals surface area contributed by atoms with Gasteiger partial charge in [-0.2, -0.15) is 0 Å². The zero-order chi connectivity index (χ0) is 18.8. The van der Waals surface area contributed by atoms with Gasteiger partial charge in [-0.05, 0) is 24.3 Å². The predicted octanol–water partition coefficient (Wildman–Crippen LogP) is 1.49. The van der Waals surface area contributed by atoms with E-state index in [1.165, 1.54) is 29.1 Å². The maximum atomic E-state index is 13.2. The fraction of sp³-hybridized carbons (Fsp3) is 0.211. The molecule has 0 radical (unpaired) electrons. The van der Waals surface area contributed by atoms with Crippen LogP contribution in [-0.2, 0) is 11.3 Å². The molecule has 0 unspecified atom stereocenters. The summed E-state index contributed by atoms with van der Waals surface area (Å²) in [5, 5.41) is 2.98. The van der Waals surface area contributed by atoms with Crippen molar-refractivity contribution in [1.82, 2.24) is 14.9 Å². The van der Waals surface area contributed by atoms with Gasteiger partial charge in [0.15, 0.2) is 11.5 Å². The van der Waals surface area contributed by atoms with E-state index in [9.17, 15) is 14.0 Å². The Kier molecular flexibility index (Phi) is 4.45. The van der Waals surface area contributed by atoms with Gasteiger partial charge in [-0.1, -0.05) is 12.1 Å². The van der Waals surface area contributed by atoms with Crippen LogP contribution >= 0.6 is 0 Å². The summed E-state index contributed by atoms with van der Waals surface area (Å²) in [6.45, 7) is 0.373. The van der Waals surface area contributed by atoms with E-state index in [0.29, 0.717) is 18.1 Å². The van der Waals surface area contributed by atoms with E-state index < -0.39 is 11.4 Å². The molecule has 1 aliphatic rings. The first-order valence-corrected chi connectivity index (χ1v) is 8.40. The standard InChI is InChI=1S/C19H16FN3O4/c20-12-5-6-14-15(7-12)22-11-23(19(14)25)9-18(24)21-8-13-10-26-16-3-1-2-4-17(16)27-13/h1-7,11,13H,8-10H2,(H,21,24)/t13-/m1/s1. The quantitative estimate of drug-likeness (QED) is 0.754. The Morgan fingerprint density at radius 1 is 1.26 bits per heavy atom. The highest BCUT2D eigenvalue weighted by atomic mass is 19.1. The van der Waals surface area contributed by atoms with Crippen molar-refractivity contribution in [2.75, 3.05) is 13.2 Å². The minimum atomic E-state index is -0.471. The second-order valence-electron chi connectivity index (χ2n) is 6.14. The highest BCUT2D eigenvalue weighted by molar-refractivity contribution is 5.79. The van der Waals surface area contributed by atoms with Crippen molar-refractivity contribution in [3.63, 3.8) is 0 Å². The minimum Gasteiger partial charge on any atom is -0.486 e. The number of hydrogen-bond acceptors (Lipinski definition) is 5. The monoisotopic (exact) mass is 369 g/mol. The molecule has 4 rings (SSSR count). The molecule has 1 aromatic heterocycles. The first kappa shape index (κ1) is 17.0. The van der Waals surface area contributed by atoms with Gasteiger partial charge in [0.05, 0.1) is 23.8 Å². The van der Waals surface area contributed by atoms with Crippen molar-refractivity contribution in [2.24, 2.45) is 0 Å². The normalized spacial score (nSPS) is 15.5. The number of rotatable bonds is 4. The van der Waals surface area contributed by atoms with Gasteiger partial charge in [-0.15, -0.1) is 0 Å². The smallest absolute Gasteiger partial charge is 0.261 e. The average Bonchev–Trinajstić information content (AvgIpc) is 2.68. The van der Waals surface area contributed by atoms with Crippen LogP contribution in [0.25, 0.3) is 10.9 Å². The Morgan fingerprint density at radius 3 is 2.93 bits per heavy atom. The number of para-hydroxylation sites is 2. The van der Waals surface area contributed by atoms with Gasteiger partial charge in [0.1, 0.15) is 25.1 Å². The Hall–Kier alpha value is -3.42. The fourth-order valence-electron chi connectivity index (χ4n) is 2.85. The molecule has 0 saturated heterocycles. The Morgan fingerprint density at radius 2 is 2.07 bits per heavy atom. The van der Waals surface area contributed by atoms with Crippen molar-refractivity contribution < 1.29 is 18.7 Å². The van der Waals surface area contributed by atoms with Crippen LogP contribution in [0.2, 0.25) is 0 Å². The van der Waals surface area contributed by atoms with Gasteiger partial charge in [0.2, 0.25) is 5.91 Å². The van der Waals surface area contributed by atoms with E-state index >= 15 is 0 Å². The molecule has 3 aromatic rings. The number of ether oxygens (including phenoxy) is 2. The zero-order valence-electron chi connectivity index (χ0n) is 14.2. The summed E-state index contributed by atoms with van der Waals surface area (Å²) in [5.41, 5.74) is -0.149. The van der Waals surface area contributed by atoms with Crippen LogP contribution in [0.1, 0.15) is 0 Å². The lowest BCUT2D eigenvalue weighted by atomic mass is 10.2. The largest absolute Gasteiger partial charge is 0.486 e. The van der Waals surface area contributed by atoms with E-state index in [0.717, 1.165) is 0 Å². The number of aromatic nitrogens is 2. The predicted molar refractivity (Wildman–Crippen MR) is 95.3 cm³/mol. The molecule has 0 spiro atoms. The molecular formula is C19H16FN3O4. The summed E-state index contributed by atoms with van der Waals surface area (Å²) < 4.78 is 25.8. The molecule has 1 N–H and O–H groups in total. The van der Waals surface area contributed by atoms with Crippen molar-refractivity contribution >= 4 is 16.8 Å². The maximum Gasteiger partial charge on any atom is 0.261 e. The fourth-order valence-corrected chi connectivity index (χ4v) is 2.85. The SMILES string of the molecule is O=C(Cn1cnc2cc(F)ccc2c1=O)NC[C@@H]1COc2ccccc2O1. The lowest BCUT2D eigenvalue weighted by Gasteiger charge is -2.26. The number of carbonyl (C=O) groups is 1. The Labute approximate surface area is 153 Å². The molecular weight excluding hydrogens is 353 g/mol. The summed E-state index contributed by atoms with van der Waals surface area (Å²) in [5.74, 6) is 0.472. The molecule has 138 valence electrons. The van der Waals surface area contributed by atoms with Gasteiger partial charge in [-0.25, -0.2) is 9.37 Å². The summed E-state index contributed by atoms with van der Waals surface area (Å²) in [7, 11) is 0. The van der Waals surface area contributed by atoms with Crippen LogP contribution in [0.15, 0.2) is 53.6 Å². The molecule has 0 fully saturated rings. The molecule has 1 atom stereocenters. The first-order chi connectivity index (χ1) is 13.1. The summed E-state index contributed by atoms with van der Waals surface area (Å²) in [4.78, 5) is 28.6. The number of fused-ring (bicyclic) bond motifs is 2. The van der Waals surface area contributed by atoms with Gasteiger partial charge < -0.3 is 14.8 Å². The van der Waals surface area contributed by atoms with Crippen molar-refractivity contribution in [3.05, 3.63) is 65.0 Å². The molecule has 0 bridgehead atoms. The molecule has 27 heavy (non-hydrogen) atoms.